The minimum atomic E-state index is 0.205. The number of benzene rings is 1. The van der Waals surface area contributed by atoms with Crippen LogP contribution in [0.15, 0.2) is 18.2 Å². The maximum Gasteiger partial charge on any atom is 0.0595 e. The highest BCUT2D eigenvalue weighted by atomic mass is 35.5. The van der Waals surface area contributed by atoms with Crippen molar-refractivity contribution in [3.8, 4) is 0 Å². The first-order valence-corrected chi connectivity index (χ1v) is 8.66. The summed E-state index contributed by atoms with van der Waals surface area (Å²) in [4.78, 5) is 2.60. The lowest BCUT2D eigenvalue weighted by atomic mass is 9.90. The minimum absolute atomic E-state index is 0.205. The molecule has 0 spiro atoms. The molecule has 2 rings (SSSR count). The zero-order chi connectivity index (χ0) is 15.5. The number of rotatable bonds is 5. The second-order valence-corrected chi connectivity index (χ2v) is 7.16. The highest BCUT2D eigenvalue weighted by Crippen LogP contribution is 2.28. The zero-order valence-electron chi connectivity index (χ0n) is 13.3. The topological polar surface area (TPSA) is 15.3 Å². The molecule has 1 saturated heterocycles. The number of hydrogen-bond acceptors (Lipinski definition) is 2. The second kappa shape index (κ2) is 7.32. The first-order chi connectivity index (χ1) is 9.98. The van der Waals surface area contributed by atoms with Crippen molar-refractivity contribution in [2.45, 2.75) is 58.2 Å². The van der Waals surface area contributed by atoms with Crippen LogP contribution in [0.2, 0.25) is 10.0 Å². The van der Waals surface area contributed by atoms with Crippen LogP contribution in [0.3, 0.4) is 0 Å². The third-order valence-electron chi connectivity index (χ3n) is 4.73. The summed E-state index contributed by atoms with van der Waals surface area (Å²) in [6.45, 7) is 9.94. The molecule has 4 heteroatoms. The standard InChI is InChI=1S/C17H26Cl2N2/c1-4-6-14-11-21(17(3,5-2)12-20-14)10-13-7-8-15(18)16(19)9-13/h7-9,14,20H,4-6,10-12H2,1-3H3. The number of piperazine rings is 1. The minimum Gasteiger partial charge on any atom is -0.311 e. The van der Waals surface area contributed by atoms with Gasteiger partial charge in [0.05, 0.1) is 10.0 Å². The summed E-state index contributed by atoms with van der Waals surface area (Å²) < 4.78 is 0. The van der Waals surface area contributed by atoms with Gasteiger partial charge < -0.3 is 5.32 Å². The van der Waals surface area contributed by atoms with E-state index < -0.39 is 0 Å². The van der Waals surface area contributed by atoms with Crippen molar-refractivity contribution in [1.29, 1.82) is 0 Å². The van der Waals surface area contributed by atoms with Crippen molar-refractivity contribution in [2.75, 3.05) is 13.1 Å². The Morgan fingerprint density at radius 2 is 2.05 bits per heavy atom. The van der Waals surface area contributed by atoms with Gasteiger partial charge in [0.2, 0.25) is 0 Å². The van der Waals surface area contributed by atoms with Crippen LogP contribution in [0.1, 0.15) is 45.6 Å². The molecule has 118 valence electrons. The normalized spacial score (nSPS) is 27.0. The van der Waals surface area contributed by atoms with E-state index in [1.54, 1.807) is 0 Å². The molecule has 2 atom stereocenters. The molecule has 0 amide bonds. The quantitative estimate of drug-likeness (QED) is 0.840. The van der Waals surface area contributed by atoms with Crippen LogP contribution in [-0.2, 0) is 6.54 Å². The molecule has 1 N–H and O–H groups in total. The molecule has 1 heterocycles. The maximum atomic E-state index is 6.15. The van der Waals surface area contributed by atoms with E-state index in [2.05, 4.69) is 37.1 Å². The fraction of sp³-hybridized carbons (Fsp3) is 0.647. The van der Waals surface area contributed by atoms with Gasteiger partial charge in [0.15, 0.2) is 0 Å². The summed E-state index contributed by atoms with van der Waals surface area (Å²) in [5.74, 6) is 0. The van der Waals surface area contributed by atoms with E-state index in [1.165, 1.54) is 18.4 Å². The molecule has 0 aliphatic carbocycles. The summed E-state index contributed by atoms with van der Waals surface area (Å²) in [5, 5.41) is 4.98. The summed E-state index contributed by atoms with van der Waals surface area (Å²) in [6, 6.07) is 6.57. The average Bonchev–Trinajstić information content (AvgIpc) is 2.47. The van der Waals surface area contributed by atoms with E-state index in [9.17, 15) is 0 Å². The van der Waals surface area contributed by atoms with Crippen molar-refractivity contribution in [3.63, 3.8) is 0 Å². The molecule has 1 aromatic rings. The Balaban J connectivity index is 2.13. The summed E-state index contributed by atoms with van der Waals surface area (Å²) in [5.41, 5.74) is 1.44. The van der Waals surface area contributed by atoms with Gasteiger partial charge in [0, 0.05) is 31.2 Å². The second-order valence-electron chi connectivity index (χ2n) is 6.35. The van der Waals surface area contributed by atoms with Crippen LogP contribution in [0.5, 0.6) is 0 Å². The van der Waals surface area contributed by atoms with Crippen LogP contribution in [0, 0.1) is 0 Å². The van der Waals surface area contributed by atoms with Gasteiger partial charge in [-0.1, -0.05) is 49.5 Å². The van der Waals surface area contributed by atoms with E-state index in [0.717, 1.165) is 26.1 Å². The predicted molar refractivity (Wildman–Crippen MR) is 92.3 cm³/mol. The van der Waals surface area contributed by atoms with Crippen LogP contribution in [0.4, 0.5) is 0 Å². The fourth-order valence-electron chi connectivity index (χ4n) is 3.03. The van der Waals surface area contributed by atoms with E-state index in [4.69, 9.17) is 23.2 Å². The lowest BCUT2D eigenvalue weighted by Crippen LogP contribution is -2.62. The van der Waals surface area contributed by atoms with Gasteiger partial charge in [-0.25, -0.2) is 0 Å². The number of nitrogens with one attached hydrogen (secondary N) is 1. The van der Waals surface area contributed by atoms with E-state index >= 15 is 0 Å². The van der Waals surface area contributed by atoms with Gasteiger partial charge in [0.1, 0.15) is 0 Å². The van der Waals surface area contributed by atoms with Crippen molar-refractivity contribution < 1.29 is 0 Å². The van der Waals surface area contributed by atoms with Gasteiger partial charge in [-0.05, 0) is 37.5 Å². The highest BCUT2D eigenvalue weighted by Gasteiger charge is 2.35. The van der Waals surface area contributed by atoms with Gasteiger partial charge >= 0.3 is 0 Å². The average molecular weight is 329 g/mol. The third-order valence-corrected chi connectivity index (χ3v) is 5.47. The van der Waals surface area contributed by atoms with E-state index in [0.29, 0.717) is 16.1 Å². The van der Waals surface area contributed by atoms with Crippen molar-refractivity contribution in [2.24, 2.45) is 0 Å². The zero-order valence-corrected chi connectivity index (χ0v) is 14.8. The molecular weight excluding hydrogens is 303 g/mol. The molecule has 1 aliphatic heterocycles. The number of halogens is 2. The Kier molecular flexibility index (Phi) is 5.96. The van der Waals surface area contributed by atoms with E-state index in [1.807, 2.05) is 12.1 Å². The first-order valence-electron chi connectivity index (χ1n) is 7.91. The van der Waals surface area contributed by atoms with Gasteiger partial charge in [-0.3, -0.25) is 4.90 Å². The third kappa shape index (κ3) is 4.13. The molecule has 21 heavy (non-hydrogen) atoms. The molecule has 1 fully saturated rings. The number of hydrogen-bond donors (Lipinski definition) is 1. The molecule has 1 aromatic carbocycles. The predicted octanol–water partition coefficient (Wildman–Crippen LogP) is 4.74. The molecule has 2 unspecified atom stereocenters. The molecule has 0 saturated carbocycles. The first kappa shape index (κ1) is 17.1. The van der Waals surface area contributed by atoms with Gasteiger partial charge in [0.25, 0.3) is 0 Å². The molecule has 2 nitrogen and oxygen atoms in total. The van der Waals surface area contributed by atoms with Crippen LogP contribution in [0.25, 0.3) is 0 Å². The van der Waals surface area contributed by atoms with Crippen molar-refractivity contribution >= 4 is 23.2 Å². The van der Waals surface area contributed by atoms with Gasteiger partial charge in [-0.15, -0.1) is 0 Å². The van der Waals surface area contributed by atoms with Crippen LogP contribution < -0.4 is 5.32 Å². The lowest BCUT2D eigenvalue weighted by molar-refractivity contribution is 0.0397. The van der Waals surface area contributed by atoms with Crippen molar-refractivity contribution in [1.82, 2.24) is 10.2 Å². The van der Waals surface area contributed by atoms with Crippen molar-refractivity contribution in [3.05, 3.63) is 33.8 Å². The Bertz CT molecular complexity index is 478. The monoisotopic (exact) mass is 328 g/mol. The number of nitrogens with zero attached hydrogens (tertiary/aromatic N) is 1. The van der Waals surface area contributed by atoms with Crippen LogP contribution in [-0.4, -0.2) is 29.6 Å². The van der Waals surface area contributed by atoms with Crippen LogP contribution >= 0.6 is 23.2 Å². The summed E-state index contributed by atoms with van der Waals surface area (Å²) in [6.07, 6.45) is 3.60. The fourth-order valence-corrected chi connectivity index (χ4v) is 3.35. The Labute approximate surface area is 138 Å². The maximum absolute atomic E-state index is 6.15. The smallest absolute Gasteiger partial charge is 0.0595 e. The molecule has 1 aliphatic rings. The summed E-state index contributed by atoms with van der Waals surface area (Å²) in [7, 11) is 0. The Morgan fingerprint density at radius 1 is 1.29 bits per heavy atom. The highest BCUT2D eigenvalue weighted by molar-refractivity contribution is 6.42. The SMILES string of the molecule is CCCC1CN(Cc2ccc(Cl)c(Cl)c2)C(C)(CC)CN1. The lowest BCUT2D eigenvalue weighted by Gasteiger charge is -2.48. The van der Waals surface area contributed by atoms with E-state index in [-0.39, 0.29) is 5.54 Å². The Morgan fingerprint density at radius 3 is 2.67 bits per heavy atom. The Hall–Kier alpha value is -0.280. The van der Waals surface area contributed by atoms with Gasteiger partial charge in [-0.2, -0.15) is 0 Å². The molecule has 0 radical (unpaired) electrons. The summed E-state index contributed by atoms with van der Waals surface area (Å²) >= 11 is 12.2. The molecular formula is C17H26Cl2N2. The molecule has 0 bridgehead atoms. The molecule has 0 aromatic heterocycles. The largest absolute Gasteiger partial charge is 0.311 e.